The van der Waals surface area contributed by atoms with Crippen molar-refractivity contribution in [3.8, 4) is 0 Å². The lowest BCUT2D eigenvalue weighted by Crippen LogP contribution is -2.62. The van der Waals surface area contributed by atoms with Crippen molar-refractivity contribution in [2.24, 2.45) is 0 Å². The maximum atomic E-state index is 6.14. The van der Waals surface area contributed by atoms with Gasteiger partial charge in [0, 0.05) is 31.7 Å². The van der Waals surface area contributed by atoms with Crippen LogP contribution in [-0.2, 0) is 4.74 Å². The predicted molar refractivity (Wildman–Crippen MR) is 71.3 cm³/mol. The van der Waals surface area contributed by atoms with Gasteiger partial charge in [-0.05, 0) is 47.5 Å². The molecule has 2 unspecified atom stereocenters. The van der Waals surface area contributed by atoms with Gasteiger partial charge >= 0.3 is 0 Å². The van der Waals surface area contributed by atoms with Crippen molar-refractivity contribution >= 4 is 0 Å². The third kappa shape index (κ3) is 3.43. The van der Waals surface area contributed by atoms with Gasteiger partial charge in [0.1, 0.15) is 0 Å². The van der Waals surface area contributed by atoms with Crippen LogP contribution in [0, 0.1) is 0 Å². The van der Waals surface area contributed by atoms with Crippen molar-refractivity contribution in [1.82, 2.24) is 10.2 Å². The maximum absolute atomic E-state index is 6.14. The molecule has 2 atom stereocenters. The van der Waals surface area contributed by atoms with E-state index in [9.17, 15) is 0 Å². The van der Waals surface area contributed by atoms with Crippen molar-refractivity contribution < 1.29 is 4.74 Å². The van der Waals surface area contributed by atoms with E-state index in [1.807, 2.05) is 0 Å². The predicted octanol–water partition coefficient (Wildman–Crippen LogP) is 2.02. The normalized spacial score (nSPS) is 37.9. The summed E-state index contributed by atoms with van der Waals surface area (Å²) in [5, 5.41) is 3.60. The summed E-state index contributed by atoms with van der Waals surface area (Å²) < 4.78 is 6.14. The van der Waals surface area contributed by atoms with E-state index in [1.165, 1.54) is 12.8 Å². The number of piperidine rings is 1. The van der Waals surface area contributed by atoms with Gasteiger partial charge in [-0.25, -0.2) is 0 Å². The molecular formula is C14H28N2O. The SMILES string of the molecule is CC1CCC(N2CC(C)(C)OC(C)(C)C2)CN1. The Labute approximate surface area is 106 Å². The van der Waals surface area contributed by atoms with E-state index in [0.717, 1.165) is 19.6 Å². The lowest BCUT2D eigenvalue weighted by atomic mass is 9.93. The van der Waals surface area contributed by atoms with Crippen LogP contribution in [0.1, 0.15) is 47.5 Å². The van der Waals surface area contributed by atoms with Crippen molar-refractivity contribution in [1.29, 1.82) is 0 Å². The van der Waals surface area contributed by atoms with E-state index in [4.69, 9.17) is 4.74 Å². The maximum Gasteiger partial charge on any atom is 0.0760 e. The second-order valence-corrected chi connectivity index (χ2v) is 7.07. The summed E-state index contributed by atoms with van der Waals surface area (Å²) in [6, 6.07) is 1.38. The van der Waals surface area contributed by atoms with Gasteiger partial charge in [0.15, 0.2) is 0 Å². The van der Waals surface area contributed by atoms with Crippen molar-refractivity contribution in [2.45, 2.75) is 70.7 Å². The summed E-state index contributed by atoms with van der Waals surface area (Å²) in [6.45, 7) is 14.4. The zero-order valence-electron chi connectivity index (χ0n) is 12.0. The summed E-state index contributed by atoms with van der Waals surface area (Å²) in [5.41, 5.74) is -0.0460. The number of rotatable bonds is 1. The van der Waals surface area contributed by atoms with Gasteiger partial charge in [0.25, 0.3) is 0 Å². The fourth-order valence-corrected chi connectivity index (χ4v) is 3.40. The van der Waals surface area contributed by atoms with Crippen LogP contribution in [0.3, 0.4) is 0 Å². The van der Waals surface area contributed by atoms with Crippen LogP contribution in [0.4, 0.5) is 0 Å². The molecule has 17 heavy (non-hydrogen) atoms. The van der Waals surface area contributed by atoms with Gasteiger partial charge in [-0.1, -0.05) is 0 Å². The van der Waals surface area contributed by atoms with Crippen LogP contribution in [0.25, 0.3) is 0 Å². The molecule has 3 nitrogen and oxygen atoms in total. The second kappa shape index (κ2) is 4.52. The Balaban J connectivity index is 2.00. The average molecular weight is 240 g/mol. The minimum Gasteiger partial charge on any atom is -0.367 e. The first-order valence-electron chi connectivity index (χ1n) is 6.95. The van der Waals surface area contributed by atoms with E-state index in [1.54, 1.807) is 0 Å². The summed E-state index contributed by atoms with van der Waals surface area (Å²) in [7, 11) is 0. The lowest BCUT2D eigenvalue weighted by molar-refractivity contribution is -0.188. The Morgan fingerprint density at radius 3 is 2.12 bits per heavy atom. The molecule has 0 amide bonds. The van der Waals surface area contributed by atoms with Crippen LogP contribution >= 0.6 is 0 Å². The summed E-state index contributed by atoms with van der Waals surface area (Å²) in [6.07, 6.45) is 2.61. The average Bonchev–Trinajstić information content (AvgIpc) is 2.13. The first-order valence-corrected chi connectivity index (χ1v) is 6.95. The third-order valence-electron chi connectivity index (χ3n) is 3.87. The largest absolute Gasteiger partial charge is 0.367 e. The molecule has 2 aliphatic rings. The summed E-state index contributed by atoms with van der Waals surface area (Å²) >= 11 is 0. The number of ether oxygens (including phenoxy) is 1. The Kier molecular flexibility index (Phi) is 3.54. The molecule has 2 fully saturated rings. The molecule has 0 bridgehead atoms. The molecule has 0 radical (unpaired) electrons. The van der Waals surface area contributed by atoms with Crippen LogP contribution in [0.2, 0.25) is 0 Å². The van der Waals surface area contributed by atoms with E-state index in [-0.39, 0.29) is 11.2 Å². The van der Waals surface area contributed by atoms with E-state index in [2.05, 4.69) is 44.8 Å². The van der Waals surface area contributed by atoms with Crippen LogP contribution in [-0.4, -0.2) is 47.8 Å². The standard InChI is InChI=1S/C14H28N2O/c1-11-6-7-12(8-15-11)16-9-13(2,3)17-14(4,5)10-16/h11-12,15H,6-10H2,1-5H3. The zero-order chi connectivity index (χ0) is 12.7. The molecule has 0 spiro atoms. The second-order valence-electron chi connectivity index (χ2n) is 7.07. The quantitative estimate of drug-likeness (QED) is 0.759. The van der Waals surface area contributed by atoms with Gasteiger partial charge in [-0.3, -0.25) is 4.90 Å². The van der Waals surface area contributed by atoms with Crippen molar-refractivity contribution in [3.05, 3.63) is 0 Å². The monoisotopic (exact) mass is 240 g/mol. The van der Waals surface area contributed by atoms with E-state index >= 15 is 0 Å². The van der Waals surface area contributed by atoms with Gasteiger partial charge in [0.05, 0.1) is 11.2 Å². The number of hydrogen-bond acceptors (Lipinski definition) is 3. The van der Waals surface area contributed by atoms with Gasteiger partial charge in [0.2, 0.25) is 0 Å². The van der Waals surface area contributed by atoms with E-state index in [0.29, 0.717) is 12.1 Å². The minimum atomic E-state index is -0.0230. The molecule has 2 saturated heterocycles. The first kappa shape index (κ1) is 13.3. The highest BCUT2D eigenvalue weighted by atomic mass is 16.5. The molecule has 3 heteroatoms. The molecule has 0 aromatic heterocycles. The van der Waals surface area contributed by atoms with Crippen molar-refractivity contribution in [2.75, 3.05) is 19.6 Å². The Bertz CT molecular complexity index is 251. The molecule has 1 N–H and O–H groups in total. The molecule has 2 rings (SSSR count). The highest BCUT2D eigenvalue weighted by molar-refractivity contribution is 4.93. The smallest absolute Gasteiger partial charge is 0.0760 e. The van der Waals surface area contributed by atoms with Crippen LogP contribution < -0.4 is 5.32 Å². The number of morpholine rings is 1. The van der Waals surface area contributed by atoms with Crippen LogP contribution in [0.5, 0.6) is 0 Å². The highest BCUT2D eigenvalue weighted by Gasteiger charge is 2.40. The van der Waals surface area contributed by atoms with Crippen molar-refractivity contribution in [3.63, 3.8) is 0 Å². The minimum absolute atomic E-state index is 0.0230. The molecule has 2 heterocycles. The number of hydrogen-bond donors (Lipinski definition) is 1. The highest BCUT2D eigenvalue weighted by Crippen LogP contribution is 2.30. The fraction of sp³-hybridized carbons (Fsp3) is 1.00. The van der Waals surface area contributed by atoms with E-state index < -0.39 is 0 Å². The topological polar surface area (TPSA) is 24.5 Å². The Morgan fingerprint density at radius 2 is 1.65 bits per heavy atom. The Hall–Kier alpha value is -0.120. The van der Waals surface area contributed by atoms with Gasteiger partial charge in [-0.2, -0.15) is 0 Å². The molecule has 0 aliphatic carbocycles. The molecule has 100 valence electrons. The van der Waals surface area contributed by atoms with Crippen LogP contribution in [0.15, 0.2) is 0 Å². The molecule has 2 aliphatic heterocycles. The Morgan fingerprint density at radius 1 is 1.06 bits per heavy atom. The summed E-state index contributed by atoms with van der Waals surface area (Å²) in [4.78, 5) is 2.63. The lowest BCUT2D eigenvalue weighted by Gasteiger charge is -2.50. The summed E-state index contributed by atoms with van der Waals surface area (Å²) in [5.74, 6) is 0. The molecule has 0 aromatic rings. The zero-order valence-corrected chi connectivity index (χ0v) is 12.0. The molecule has 0 saturated carbocycles. The molecular weight excluding hydrogens is 212 g/mol. The number of nitrogens with one attached hydrogen (secondary N) is 1. The fourth-order valence-electron chi connectivity index (χ4n) is 3.40. The third-order valence-corrected chi connectivity index (χ3v) is 3.87. The number of nitrogens with zero attached hydrogens (tertiary/aromatic N) is 1. The van der Waals surface area contributed by atoms with Gasteiger partial charge in [-0.15, -0.1) is 0 Å². The molecule has 0 aromatic carbocycles. The first-order chi connectivity index (χ1) is 7.77. The van der Waals surface area contributed by atoms with Gasteiger partial charge < -0.3 is 10.1 Å².